The number of nitrogens with zero attached hydrogens (tertiary/aromatic N) is 3. The molecule has 1 aliphatic rings. The van der Waals surface area contributed by atoms with Crippen LogP contribution in [0.25, 0.3) is 4.96 Å². The van der Waals surface area contributed by atoms with Crippen LogP contribution in [0.5, 0.6) is 0 Å². The van der Waals surface area contributed by atoms with E-state index >= 15 is 0 Å². The molecule has 0 saturated carbocycles. The Morgan fingerprint density at radius 1 is 1.42 bits per heavy atom. The van der Waals surface area contributed by atoms with Crippen molar-refractivity contribution in [1.29, 1.82) is 0 Å². The molecule has 1 amide bonds. The first-order valence-corrected chi connectivity index (χ1v) is 9.45. The normalized spacial score (nSPS) is 20.3. The third-order valence-corrected chi connectivity index (χ3v) is 5.08. The lowest BCUT2D eigenvalue weighted by Gasteiger charge is -2.32. The Labute approximate surface area is 155 Å². The van der Waals surface area contributed by atoms with Crippen LogP contribution in [-0.2, 0) is 27.3 Å². The number of hydrogen-bond acceptors (Lipinski definition) is 6. The van der Waals surface area contributed by atoms with Crippen molar-refractivity contribution >= 4 is 22.2 Å². The molecule has 7 nitrogen and oxygen atoms in total. The third-order valence-electron chi connectivity index (χ3n) is 4.31. The highest BCUT2D eigenvalue weighted by Crippen LogP contribution is 2.15. The summed E-state index contributed by atoms with van der Waals surface area (Å²) in [6.07, 6.45) is 6.39. The van der Waals surface area contributed by atoms with E-state index in [9.17, 15) is 4.79 Å². The molecule has 1 fully saturated rings. The van der Waals surface area contributed by atoms with Gasteiger partial charge in [-0.25, -0.2) is 4.98 Å². The highest BCUT2D eigenvalue weighted by Gasteiger charge is 2.28. The molecule has 2 atom stereocenters. The van der Waals surface area contributed by atoms with Gasteiger partial charge in [-0.3, -0.25) is 14.2 Å². The monoisotopic (exact) mass is 372 g/mol. The first-order valence-electron chi connectivity index (χ1n) is 8.57. The van der Waals surface area contributed by atoms with Crippen LogP contribution in [0.3, 0.4) is 0 Å². The third kappa shape index (κ3) is 4.09. The van der Waals surface area contributed by atoms with Gasteiger partial charge in [-0.1, -0.05) is 6.07 Å². The van der Waals surface area contributed by atoms with Crippen LogP contribution < -0.4 is 5.32 Å². The van der Waals surface area contributed by atoms with Crippen LogP contribution in [-0.4, -0.2) is 45.6 Å². The van der Waals surface area contributed by atoms with Gasteiger partial charge in [0.05, 0.1) is 37.1 Å². The standard InChI is InChI=1S/C18H20N4O3S/c23-17(9-14-10-22-6-8-26-18(22)20-14)21-15-4-7-24-12-16(15)25-11-13-3-1-2-5-19-13/h1-3,5-6,8,10,15-16H,4,7,9,11-12H2,(H,21,23)/t15-,16-/m1/s1. The van der Waals surface area contributed by atoms with Crippen molar-refractivity contribution in [2.24, 2.45) is 0 Å². The number of hydrogen-bond donors (Lipinski definition) is 1. The van der Waals surface area contributed by atoms with E-state index in [1.54, 1.807) is 17.5 Å². The number of thiazole rings is 1. The predicted molar refractivity (Wildman–Crippen MR) is 97.0 cm³/mol. The molecule has 1 saturated heterocycles. The molecule has 0 radical (unpaired) electrons. The average molecular weight is 372 g/mol. The molecule has 4 heterocycles. The summed E-state index contributed by atoms with van der Waals surface area (Å²) in [5.74, 6) is -0.0471. The van der Waals surface area contributed by atoms with E-state index in [-0.39, 0.29) is 24.5 Å². The van der Waals surface area contributed by atoms with Gasteiger partial charge in [-0.15, -0.1) is 11.3 Å². The van der Waals surface area contributed by atoms with Crippen molar-refractivity contribution in [3.05, 3.63) is 53.6 Å². The van der Waals surface area contributed by atoms with Gasteiger partial charge in [-0.2, -0.15) is 0 Å². The molecule has 8 heteroatoms. The van der Waals surface area contributed by atoms with Gasteiger partial charge in [0.15, 0.2) is 4.96 Å². The fraction of sp³-hybridized carbons (Fsp3) is 0.389. The van der Waals surface area contributed by atoms with E-state index < -0.39 is 0 Å². The van der Waals surface area contributed by atoms with Gasteiger partial charge in [-0.05, 0) is 18.6 Å². The second-order valence-electron chi connectivity index (χ2n) is 6.21. The number of ether oxygens (including phenoxy) is 2. The zero-order chi connectivity index (χ0) is 17.8. The molecule has 136 valence electrons. The molecule has 0 aliphatic carbocycles. The highest BCUT2D eigenvalue weighted by molar-refractivity contribution is 7.15. The van der Waals surface area contributed by atoms with Crippen molar-refractivity contribution in [2.75, 3.05) is 13.2 Å². The van der Waals surface area contributed by atoms with Gasteiger partial charge < -0.3 is 14.8 Å². The Morgan fingerprint density at radius 2 is 2.38 bits per heavy atom. The molecule has 0 bridgehead atoms. The summed E-state index contributed by atoms with van der Waals surface area (Å²) in [6, 6.07) is 5.65. The molecular weight excluding hydrogens is 352 g/mol. The van der Waals surface area contributed by atoms with Crippen molar-refractivity contribution < 1.29 is 14.3 Å². The summed E-state index contributed by atoms with van der Waals surface area (Å²) in [6.45, 7) is 1.49. The number of carbonyl (C=O) groups is 1. The highest BCUT2D eigenvalue weighted by atomic mass is 32.1. The van der Waals surface area contributed by atoms with E-state index in [0.29, 0.717) is 19.8 Å². The number of pyridine rings is 1. The molecule has 1 aliphatic heterocycles. The Morgan fingerprint density at radius 3 is 3.23 bits per heavy atom. The molecule has 4 rings (SSSR count). The van der Waals surface area contributed by atoms with E-state index in [1.165, 1.54) is 0 Å². The summed E-state index contributed by atoms with van der Waals surface area (Å²) in [5.41, 5.74) is 1.63. The van der Waals surface area contributed by atoms with Crippen molar-refractivity contribution in [3.8, 4) is 0 Å². The first kappa shape index (κ1) is 17.1. The second kappa shape index (κ2) is 7.94. The second-order valence-corrected chi connectivity index (χ2v) is 7.08. The molecular formula is C18H20N4O3S. The lowest BCUT2D eigenvalue weighted by atomic mass is 10.1. The minimum absolute atomic E-state index is 0.0471. The maximum Gasteiger partial charge on any atom is 0.226 e. The maximum atomic E-state index is 12.4. The van der Waals surface area contributed by atoms with Gasteiger partial charge in [0.2, 0.25) is 5.91 Å². The number of carbonyl (C=O) groups excluding carboxylic acids is 1. The molecule has 0 spiro atoms. The zero-order valence-corrected chi connectivity index (χ0v) is 15.0. The predicted octanol–water partition coefficient (Wildman–Crippen LogP) is 1.82. The Hall–Kier alpha value is -2.29. The number of imidazole rings is 1. The number of amides is 1. The Bertz CT molecular complexity index is 835. The summed E-state index contributed by atoms with van der Waals surface area (Å²) in [7, 11) is 0. The Balaban J connectivity index is 1.33. The quantitative estimate of drug-likeness (QED) is 0.714. The largest absolute Gasteiger partial charge is 0.379 e. The smallest absolute Gasteiger partial charge is 0.226 e. The topological polar surface area (TPSA) is 77.8 Å². The molecule has 0 unspecified atom stereocenters. The Kier molecular flexibility index (Phi) is 5.24. The van der Waals surface area contributed by atoms with Crippen molar-refractivity contribution in [1.82, 2.24) is 19.7 Å². The first-order chi connectivity index (χ1) is 12.8. The minimum atomic E-state index is -0.180. The van der Waals surface area contributed by atoms with Crippen LogP contribution in [0, 0.1) is 0 Å². The summed E-state index contributed by atoms with van der Waals surface area (Å²) in [5, 5.41) is 5.05. The van der Waals surface area contributed by atoms with E-state index in [1.807, 2.05) is 40.4 Å². The number of rotatable bonds is 6. The fourth-order valence-electron chi connectivity index (χ4n) is 3.00. The SMILES string of the molecule is O=C(Cc1cn2ccsc2n1)N[C@@H]1CCOC[C@H]1OCc1ccccn1. The van der Waals surface area contributed by atoms with Gasteiger partial charge in [0.1, 0.15) is 6.10 Å². The van der Waals surface area contributed by atoms with E-state index in [0.717, 1.165) is 22.8 Å². The van der Waals surface area contributed by atoms with Gasteiger partial charge >= 0.3 is 0 Å². The number of aromatic nitrogens is 3. The van der Waals surface area contributed by atoms with E-state index in [4.69, 9.17) is 9.47 Å². The maximum absolute atomic E-state index is 12.4. The molecule has 3 aromatic heterocycles. The lowest BCUT2D eigenvalue weighted by Crippen LogP contribution is -2.50. The fourth-order valence-corrected chi connectivity index (χ4v) is 3.72. The summed E-state index contributed by atoms with van der Waals surface area (Å²) in [4.78, 5) is 22.0. The molecule has 26 heavy (non-hydrogen) atoms. The van der Waals surface area contributed by atoms with Crippen LogP contribution >= 0.6 is 11.3 Å². The van der Waals surface area contributed by atoms with Crippen LogP contribution in [0.15, 0.2) is 42.2 Å². The van der Waals surface area contributed by atoms with Crippen molar-refractivity contribution in [2.45, 2.75) is 31.6 Å². The molecule has 0 aromatic carbocycles. The summed E-state index contributed by atoms with van der Waals surface area (Å²) < 4.78 is 13.4. The summed E-state index contributed by atoms with van der Waals surface area (Å²) >= 11 is 1.55. The van der Waals surface area contributed by atoms with Gasteiger partial charge in [0.25, 0.3) is 0 Å². The van der Waals surface area contributed by atoms with E-state index in [2.05, 4.69) is 15.3 Å². The van der Waals surface area contributed by atoms with Crippen LogP contribution in [0.1, 0.15) is 17.8 Å². The average Bonchev–Trinajstić information content (AvgIpc) is 3.23. The van der Waals surface area contributed by atoms with Gasteiger partial charge in [0, 0.05) is 30.6 Å². The van der Waals surface area contributed by atoms with Crippen LogP contribution in [0.4, 0.5) is 0 Å². The minimum Gasteiger partial charge on any atom is -0.379 e. The van der Waals surface area contributed by atoms with Crippen LogP contribution in [0.2, 0.25) is 0 Å². The lowest BCUT2D eigenvalue weighted by molar-refractivity contribution is -0.126. The molecule has 3 aromatic rings. The molecule has 1 N–H and O–H groups in total. The number of nitrogens with one attached hydrogen (secondary N) is 1. The number of fused-ring (bicyclic) bond motifs is 1. The van der Waals surface area contributed by atoms with Crippen molar-refractivity contribution in [3.63, 3.8) is 0 Å². The zero-order valence-electron chi connectivity index (χ0n) is 14.2.